The molecule has 5 heteroatoms. The molecule has 1 aromatic rings. The summed E-state index contributed by atoms with van der Waals surface area (Å²) in [6.45, 7) is 2.66. The Hall–Kier alpha value is -1.75. The van der Waals surface area contributed by atoms with Gasteiger partial charge in [0.15, 0.2) is 0 Å². The molecular weight excluding hydrogens is 280 g/mol. The third-order valence-electron chi connectivity index (χ3n) is 5.41. The van der Waals surface area contributed by atoms with Gasteiger partial charge in [-0.2, -0.15) is 0 Å². The van der Waals surface area contributed by atoms with Gasteiger partial charge in [-0.15, -0.1) is 0 Å². The van der Waals surface area contributed by atoms with Crippen LogP contribution in [0.3, 0.4) is 0 Å². The van der Waals surface area contributed by atoms with Crippen molar-refractivity contribution in [1.29, 1.82) is 0 Å². The van der Waals surface area contributed by atoms with Gasteiger partial charge in [0, 0.05) is 12.1 Å². The molecule has 0 unspecified atom stereocenters. The Morgan fingerprint density at radius 2 is 2.05 bits per heavy atom. The molecule has 0 radical (unpaired) electrons. The second-order valence-corrected chi connectivity index (χ2v) is 6.67. The van der Waals surface area contributed by atoms with Crippen molar-refractivity contribution in [3.05, 3.63) is 23.8 Å². The van der Waals surface area contributed by atoms with Crippen LogP contribution >= 0.6 is 0 Å². The number of ether oxygens (including phenoxy) is 1. The molecule has 2 fully saturated rings. The van der Waals surface area contributed by atoms with E-state index in [4.69, 9.17) is 4.74 Å². The van der Waals surface area contributed by atoms with Gasteiger partial charge >= 0.3 is 11.6 Å². The lowest BCUT2D eigenvalue weighted by atomic mass is 9.85. The van der Waals surface area contributed by atoms with Gasteiger partial charge in [0.05, 0.1) is 19.0 Å². The lowest BCUT2D eigenvalue weighted by Gasteiger charge is -2.39. The van der Waals surface area contributed by atoms with Crippen LogP contribution in [0.4, 0.5) is 0 Å². The average molecular weight is 303 g/mol. The van der Waals surface area contributed by atoms with Crippen LogP contribution in [-0.4, -0.2) is 36.4 Å². The number of likely N-dealkylation sites (tertiary alicyclic amines) is 1. The number of nitrogens with one attached hydrogen (secondary N) is 2. The molecule has 3 N–H and O–H groups in total. The number of phenolic OH excluding ortho intramolecular Hbond substituents is 1. The molecule has 0 bridgehead atoms. The van der Waals surface area contributed by atoms with Crippen molar-refractivity contribution in [2.45, 2.75) is 43.7 Å². The second-order valence-electron chi connectivity index (χ2n) is 6.67. The van der Waals surface area contributed by atoms with Gasteiger partial charge in [-0.3, -0.25) is 9.69 Å². The van der Waals surface area contributed by atoms with Gasteiger partial charge < -0.3 is 15.2 Å². The number of quaternary nitrogens is 1. The highest BCUT2D eigenvalue weighted by atomic mass is 16.5. The summed E-state index contributed by atoms with van der Waals surface area (Å²) in [4.78, 5) is 14.2. The van der Waals surface area contributed by atoms with Crippen molar-refractivity contribution >= 4 is 5.91 Å². The van der Waals surface area contributed by atoms with E-state index in [2.05, 4.69) is 5.32 Å². The largest absolute Gasteiger partial charge is 0.508 e. The highest BCUT2D eigenvalue weighted by Crippen LogP contribution is 2.46. The number of aromatic hydroxyl groups is 1. The number of amides is 1. The van der Waals surface area contributed by atoms with E-state index in [0.717, 1.165) is 50.1 Å². The molecule has 4 rings (SSSR count). The summed E-state index contributed by atoms with van der Waals surface area (Å²) in [5.74, 6) is 1.06. The highest BCUT2D eigenvalue weighted by Gasteiger charge is 2.62. The van der Waals surface area contributed by atoms with E-state index in [1.807, 2.05) is 0 Å². The fourth-order valence-electron chi connectivity index (χ4n) is 4.40. The molecule has 118 valence electrons. The maximum Gasteiger partial charge on any atom is 0.328 e. The Bertz CT molecular complexity index is 598. The Morgan fingerprint density at radius 3 is 2.86 bits per heavy atom. The molecule has 3 aliphatic rings. The average Bonchev–Trinajstić information content (AvgIpc) is 2.77. The summed E-state index contributed by atoms with van der Waals surface area (Å²) in [5.41, 5.74) is 0.155. The quantitative estimate of drug-likeness (QED) is 0.710. The van der Waals surface area contributed by atoms with E-state index in [0.29, 0.717) is 6.54 Å². The molecule has 3 heterocycles. The van der Waals surface area contributed by atoms with E-state index < -0.39 is 5.72 Å². The van der Waals surface area contributed by atoms with Crippen LogP contribution in [0.2, 0.25) is 0 Å². The predicted molar refractivity (Wildman–Crippen MR) is 81.0 cm³/mol. The lowest BCUT2D eigenvalue weighted by molar-refractivity contribution is -0.967. The maximum absolute atomic E-state index is 13.0. The molecule has 0 aromatic heterocycles. The summed E-state index contributed by atoms with van der Waals surface area (Å²) in [7, 11) is 0. The molecule has 0 spiro atoms. The van der Waals surface area contributed by atoms with Crippen molar-refractivity contribution in [2.24, 2.45) is 0 Å². The van der Waals surface area contributed by atoms with Crippen LogP contribution in [0.15, 0.2) is 18.2 Å². The van der Waals surface area contributed by atoms with Gasteiger partial charge in [-0.05, 0) is 50.3 Å². The minimum absolute atomic E-state index is 0.0163. The number of benzene rings is 1. The van der Waals surface area contributed by atoms with Crippen LogP contribution < -0.4 is 15.0 Å². The minimum atomic E-state index is -0.840. The molecule has 2 saturated heterocycles. The van der Waals surface area contributed by atoms with Crippen molar-refractivity contribution in [2.75, 3.05) is 19.6 Å². The molecule has 22 heavy (non-hydrogen) atoms. The number of hydrogen-bond donors (Lipinski definition) is 3. The number of rotatable bonds is 1. The number of carbonyl (C=O) groups is 1. The highest BCUT2D eigenvalue weighted by molar-refractivity contribution is 5.86. The van der Waals surface area contributed by atoms with E-state index >= 15 is 0 Å². The number of piperidine rings is 1. The topological polar surface area (TPSA) is 63.0 Å². The predicted octanol–water partition coefficient (Wildman–Crippen LogP) is 0.543. The van der Waals surface area contributed by atoms with E-state index in [1.54, 1.807) is 18.2 Å². The summed E-state index contributed by atoms with van der Waals surface area (Å²) in [5, 5.41) is 12.9. The first-order valence-electron chi connectivity index (χ1n) is 8.37. The number of hydrogen-bond acceptors (Lipinski definition) is 3. The molecule has 1 aromatic carbocycles. The van der Waals surface area contributed by atoms with E-state index in [-0.39, 0.29) is 17.6 Å². The van der Waals surface area contributed by atoms with E-state index in [9.17, 15) is 9.90 Å². The molecule has 0 aliphatic carbocycles. The first kappa shape index (κ1) is 13.9. The fourth-order valence-corrected chi connectivity index (χ4v) is 4.40. The Balaban J connectivity index is 1.82. The van der Waals surface area contributed by atoms with Crippen molar-refractivity contribution < 1.29 is 19.5 Å². The minimum Gasteiger partial charge on any atom is -0.508 e. The zero-order valence-corrected chi connectivity index (χ0v) is 12.7. The van der Waals surface area contributed by atoms with Gasteiger partial charge in [-0.1, -0.05) is 0 Å². The van der Waals surface area contributed by atoms with Crippen molar-refractivity contribution in [3.8, 4) is 11.5 Å². The molecule has 2 atom stereocenters. The van der Waals surface area contributed by atoms with Crippen molar-refractivity contribution in [1.82, 2.24) is 5.32 Å². The number of fused-ring (bicyclic) bond motifs is 3. The van der Waals surface area contributed by atoms with Crippen LogP contribution in [0.1, 0.15) is 43.6 Å². The molecule has 5 nitrogen and oxygen atoms in total. The Morgan fingerprint density at radius 1 is 1.23 bits per heavy atom. The third kappa shape index (κ3) is 1.92. The summed E-state index contributed by atoms with van der Waals surface area (Å²) >= 11 is 0. The van der Waals surface area contributed by atoms with Gasteiger partial charge in [0.2, 0.25) is 0 Å². The molecule has 1 amide bonds. The molecular formula is C17H23N2O3+. The monoisotopic (exact) mass is 303 g/mol. The third-order valence-corrected chi connectivity index (χ3v) is 5.41. The fraction of sp³-hybridized carbons (Fsp3) is 0.588. The second kappa shape index (κ2) is 5.16. The van der Waals surface area contributed by atoms with Crippen molar-refractivity contribution in [3.63, 3.8) is 0 Å². The number of carbonyl (C=O) groups excluding carboxylic acids is 1. The number of phenols is 1. The van der Waals surface area contributed by atoms with Crippen LogP contribution in [0.25, 0.3) is 0 Å². The molecule has 0 saturated carbocycles. The van der Waals surface area contributed by atoms with Gasteiger partial charge in [0.25, 0.3) is 0 Å². The maximum atomic E-state index is 13.0. The molecule has 3 aliphatic heterocycles. The van der Waals surface area contributed by atoms with Gasteiger partial charge in [-0.25, -0.2) is 0 Å². The summed E-state index contributed by atoms with van der Waals surface area (Å²) in [6.07, 6.45) is 5.38. The van der Waals surface area contributed by atoms with Gasteiger partial charge in [0.1, 0.15) is 11.5 Å². The Labute approximate surface area is 130 Å². The van der Waals surface area contributed by atoms with Crippen LogP contribution in [0, 0.1) is 0 Å². The first-order valence-corrected chi connectivity index (χ1v) is 8.37. The SMILES string of the molecule is O=C1NCCC[C@H]2c3cc(O)ccc3O[C@]12[NH+]1CCCCC1. The summed E-state index contributed by atoms with van der Waals surface area (Å²) < 4.78 is 6.33. The van der Waals surface area contributed by atoms with E-state index in [1.165, 1.54) is 11.3 Å². The smallest absolute Gasteiger partial charge is 0.328 e. The normalized spacial score (nSPS) is 31.6. The summed E-state index contributed by atoms with van der Waals surface area (Å²) in [6, 6.07) is 5.22. The first-order chi connectivity index (χ1) is 10.7. The standard InChI is InChI=1S/C17H22N2O3/c20-12-6-7-15-13(11-12)14-5-4-8-18-16(21)17(14,22-15)19-9-2-1-3-10-19/h6-7,11,14,20H,1-5,8-10H2,(H,18,21)/p+1/t14-,17-/m0/s1. The van der Waals surface area contributed by atoms with Crippen LogP contribution in [0.5, 0.6) is 11.5 Å². The Kier molecular flexibility index (Phi) is 3.26. The zero-order valence-electron chi connectivity index (χ0n) is 12.7. The lowest BCUT2D eigenvalue weighted by Crippen LogP contribution is -3.23. The zero-order chi connectivity index (χ0) is 15.2. The van der Waals surface area contributed by atoms with Crippen LogP contribution in [-0.2, 0) is 4.79 Å².